The summed E-state index contributed by atoms with van der Waals surface area (Å²) in [6.45, 7) is 16.0. The van der Waals surface area contributed by atoms with Crippen molar-refractivity contribution in [2.75, 3.05) is 7.11 Å². The van der Waals surface area contributed by atoms with Gasteiger partial charge < -0.3 is 9.16 Å². The monoisotopic (exact) mass is 352 g/mol. The van der Waals surface area contributed by atoms with E-state index in [0.29, 0.717) is 22.5 Å². The molecule has 24 heavy (non-hydrogen) atoms. The first-order valence-corrected chi connectivity index (χ1v) is 11.7. The molecule has 3 aliphatic rings. The van der Waals surface area contributed by atoms with Crippen LogP contribution in [-0.2, 0) is 14.0 Å². The van der Waals surface area contributed by atoms with E-state index in [-0.39, 0.29) is 11.9 Å². The number of esters is 1. The average Bonchev–Trinajstić information content (AvgIpc) is 2.51. The first-order valence-electron chi connectivity index (χ1n) is 9.58. The Hall–Kier alpha value is -0.613. The molecule has 0 aromatic carbocycles. The molecule has 0 aromatic rings. The molecule has 0 unspecified atom stereocenters. The van der Waals surface area contributed by atoms with Crippen LogP contribution in [-0.4, -0.2) is 27.0 Å². The zero-order chi connectivity index (χ0) is 18.3. The van der Waals surface area contributed by atoms with E-state index in [4.69, 9.17) is 9.16 Å². The number of methoxy groups -OCH3 is 1. The van der Waals surface area contributed by atoms with Crippen molar-refractivity contribution < 1.29 is 14.0 Å². The molecule has 3 rings (SSSR count). The molecule has 0 N–H and O–H groups in total. The van der Waals surface area contributed by atoms with E-state index in [1.807, 2.05) is 0 Å². The Morgan fingerprint density at radius 1 is 1.17 bits per heavy atom. The molecule has 3 nitrogen and oxygen atoms in total. The summed E-state index contributed by atoms with van der Waals surface area (Å²) in [4.78, 5) is 12.5. The highest BCUT2D eigenvalue weighted by Gasteiger charge is 2.57. The van der Waals surface area contributed by atoms with Crippen molar-refractivity contribution in [2.24, 2.45) is 11.8 Å². The van der Waals surface area contributed by atoms with Gasteiger partial charge in [-0.3, -0.25) is 4.79 Å². The quantitative estimate of drug-likeness (QED) is 0.361. The Morgan fingerprint density at radius 2 is 1.71 bits per heavy atom. The van der Waals surface area contributed by atoms with Gasteiger partial charge in [-0.05, 0) is 48.7 Å². The van der Waals surface area contributed by atoms with E-state index in [1.54, 1.807) is 0 Å². The Balaban J connectivity index is 2.51. The molecule has 2 bridgehead atoms. The van der Waals surface area contributed by atoms with Crippen molar-refractivity contribution in [3.8, 4) is 0 Å². The number of fused-ring (bicyclic) bond motifs is 2. The number of hydrogen-bond donors (Lipinski definition) is 0. The van der Waals surface area contributed by atoms with Crippen LogP contribution in [0.1, 0.15) is 67.7 Å². The van der Waals surface area contributed by atoms with Crippen molar-refractivity contribution in [1.82, 2.24) is 0 Å². The van der Waals surface area contributed by atoms with E-state index < -0.39 is 13.9 Å². The molecule has 0 radical (unpaired) electrons. The minimum atomic E-state index is -2.07. The second-order valence-electron chi connectivity index (χ2n) is 8.81. The fourth-order valence-electron chi connectivity index (χ4n) is 5.54. The molecule has 1 saturated carbocycles. The highest BCUT2D eigenvalue weighted by atomic mass is 28.4. The summed E-state index contributed by atoms with van der Waals surface area (Å²) in [5, 5.41) is 0. The standard InChI is InChI=1S/C20H36O3Si/c1-13(2)24(14(3)4,15(5)6)23-20-10-9-17(16(7)12-20)11-18(20)19(21)22-8/h12-15,17-18H,9-11H2,1-8H3/t17-,18-,20+/m1/s1. The molecule has 0 aliphatic heterocycles. The molecule has 0 spiro atoms. The number of hydrogen-bond acceptors (Lipinski definition) is 3. The zero-order valence-electron chi connectivity index (χ0n) is 16.8. The molecule has 0 aromatic heterocycles. The van der Waals surface area contributed by atoms with Crippen LogP contribution in [0.2, 0.25) is 16.6 Å². The Bertz CT molecular complexity index is 487. The van der Waals surface area contributed by atoms with Gasteiger partial charge in [-0.25, -0.2) is 0 Å². The van der Waals surface area contributed by atoms with Gasteiger partial charge in [-0.2, -0.15) is 0 Å². The van der Waals surface area contributed by atoms with Gasteiger partial charge in [0.15, 0.2) is 0 Å². The molecule has 1 fully saturated rings. The maximum absolute atomic E-state index is 12.5. The Kier molecular flexibility index (Phi) is 5.71. The highest BCUT2D eigenvalue weighted by Crippen LogP contribution is 2.54. The summed E-state index contributed by atoms with van der Waals surface area (Å²) in [5.74, 6) is 0.281. The highest BCUT2D eigenvalue weighted by molar-refractivity contribution is 6.77. The topological polar surface area (TPSA) is 35.5 Å². The molecular weight excluding hydrogens is 316 g/mol. The van der Waals surface area contributed by atoms with E-state index >= 15 is 0 Å². The number of carbonyl (C=O) groups excluding carboxylic acids is 1. The first-order chi connectivity index (χ1) is 11.1. The molecule has 0 saturated heterocycles. The predicted octanol–water partition coefficient (Wildman–Crippen LogP) is 5.47. The molecule has 0 amide bonds. The number of allylic oxidation sites excluding steroid dienone is 1. The predicted molar refractivity (Wildman–Crippen MR) is 101 cm³/mol. The lowest BCUT2D eigenvalue weighted by molar-refractivity contribution is -0.157. The van der Waals surface area contributed by atoms with Crippen LogP contribution in [0.5, 0.6) is 0 Å². The molecule has 0 heterocycles. The minimum Gasteiger partial charge on any atom is -0.469 e. The van der Waals surface area contributed by atoms with Gasteiger partial charge in [0.1, 0.15) is 0 Å². The van der Waals surface area contributed by atoms with Crippen molar-refractivity contribution >= 4 is 14.3 Å². The summed E-state index contributed by atoms with van der Waals surface area (Å²) < 4.78 is 12.4. The Labute approximate surface area is 149 Å². The third-order valence-corrected chi connectivity index (χ3v) is 12.8. The van der Waals surface area contributed by atoms with Gasteiger partial charge in [0.25, 0.3) is 0 Å². The van der Waals surface area contributed by atoms with Gasteiger partial charge in [0, 0.05) is 0 Å². The summed E-state index contributed by atoms with van der Waals surface area (Å²) in [7, 11) is -0.559. The summed E-state index contributed by atoms with van der Waals surface area (Å²) in [5.41, 5.74) is 2.49. The Morgan fingerprint density at radius 3 is 2.12 bits per heavy atom. The van der Waals surface area contributed by atoms with E-state index in [1.165, 1.54) is 12.7 Å². The van der Waals surface area contributed by atoms with Crippen LogP contribution in [0.15, 0.2) is 11.6 Å². The summed E-state index contributed by atoms with van der Waals surface area (Å²) in [6, 6.07) is 0. The van der Waals surface area contributed by atoms with Crippen molar-refractivity contribution in [3.63, 3.8) is 0 Å². The fourth-order valence-corrected chi connectivity index (χ4v) is 11.2. The second kappa shape index (κ2) is 6.95. The van der Waals surface area contributed by atoms with Crippen molar-refractivity contribution in [3.05, 3.63) is 11.6 Å². The van der Waals surface area contributed by atoms with Crippen LogP contribution in [0, 0.1) is 11.8 Å². The maximum atomic E-state index is 12.5. The second-order valence-corrected chi connectivity index (χ2v) is 14.2. The van der Waals surface area contributed by atoms with Crippen LogP contribution < -0.4 is 0 Å². The van der Waals surface area contributed by atoms with E-state index in [0.717, 1.165) is 19.3 Å². The van der Waals surface area contributed by atoms with E-state index in [9.17, 15) is 4.79 Å². The number of carbonyl (C=O) groups is 1. The smallest absolute Gasteiger partial charge is 0.311 e. The number of rotatable bonds is 6. The maximum Gasteiger partial charge on any atom is 0.311 e. The van der Waals surface area contributed by atoms with Crippen molar-refractivity contribution in [2.45, 2.75) is 90.0 Å². The third kappa shape index (κ3) is 3.01. The molecular formula is C20H36O3Si. The van der Waals surface area contributed by atoms with Crippen LogP contribution in [0.4, 0.5) is 0 Å². The van der Waals surface area contributed by atoms with Gasteiger partial charge in [0.05, 0.1) is 18.6 Å². The molecule has 3 aliphatic carbocycles. The lowest BCUT2D eigenvalue weighted by Crippen LogP contribution is -2.60. The normalized spacial score (nSPS) is 30.2. The van der Waals surface area contributed by atoms with E-state index in [2.05, 4.69) is 54.5 Å². The van der Waals surface area contributed by atoms with Crippen LogP contribution in [0.25, 0.3) is 0 Å². The zero-order valence-corrected chi connectivity index (χ0v) is 17.8. The van der Waals surface area contributed by atoms with Crippen LogP contribution in [0.3, 0.4) is 0 Å². The third-order valence-electron chi connectivity index (χ3n) is 6.67. The van der Waals surface area contributed by atoms with Gasteiger partial charge in [-0.15, -0.1) is 0 Å². The SMILES string of the molecule is COC(=O)[C@H]1C[C@H]2CC[C@]1(O[Si](C(C)C)(C(C)C)C(C)C)C=C2C. The van der Waals surface area contributed by atoms with Gasteiger partial charge >= 0.3 is 5.97 Å². The van der Waals surface area contributed by atoms with Crippen LogP contribution >= 0.6 is 0 Å². The van der Waals surface area contributed by atoms with Crippen molar-refractivity contribution in [1.29, 1.82) is 0 Å². The average molecular weight is 353 g/mol. The molecule has 3 atom stereocenters. The summed E-state index contributed by atoms with van der Waals surface area (Å²) >= 11 is 0. The molecule has 4 heteroatoms. The lowest BCUT2D eigenvalue weighted by Gasteiger charge is -2.55. The molecule has 138 valence electrons. The van der Waals surface area contributed by atoms with Gasteiger partial charge in [0.2, 0.25) is 8.32 Å². The first kappa shape index (κ1) is 19.7. The summed E-state index contributed by atoms with van der Waals surface area (Å²) in [6.07, 6.45) is 5.26. The fraction of sp³-hybridized carbons (Fsp3) is 0.850. The largest absolute Gasteiger partial charge is 0.469 e. The number of ether oxygens (including phenoxy) is 1. The van der Waals surface area contributed by atoms with Gasteiger partial charge in [-0.1, -0.05) is 53.2 Å². The minimum absolute atomic E-state index is 0.0948. The lowest BCUT2D eigenvalue weighted by atomic mass is 9.63.